The number of rotatable bonds is 4. The summed E-state index contributed by atoms with van der Waals surface area (Å²) in [4.78, 5) is 20.1. The van der Waals surface area contributed by atoms with E-state index in [1.807, 2.05) is 60.7 Å². The van der Waals surface area contributed by atoms with Crippen LogP contribution in [0.15, 0.2) is 111 Å². The van der Waals surface area contributed by atoms with Crippen LogP contribution < -0.4 is 4.90 Å². The highest BCUT2D eigenvalue weighted by molar-refractivity contribution is 8.19. The van der Waals surface area contributed by atoms with Crippen LogP contribution in [0.5, 0.6) is 0 Å². The predicted octanol–water partition coefficient (Wildman–Crippen LogP) is 6.89. The third-order valence-corrected chi connectivity index (χ3v) is 5.80. The number of halogens is 1. The predicted molar refractivity (Wildman–Crippen MR) is 127 cm³/mol. The van der Waals surface area contributed by atoms with Gasteiger partial charge in [0.1, 0.15) is 17.3 Å². The Morgan fingerprint density at radius 2 is 1.53 bits per heavy atom. The molecule has 1 fully saturated rings. The molecule has 5 rings (SSSR count). The number of aliphatic imine (C=N–C) groups is 1. The fraction of sp³-hybridized carbons (Fsp3) is 0. The summed E-state index contributed by atoms with van der Waals surface area (Å²) in [6, 6.07) is 28.6. The van der Waals surface area contributed by atoms with Gasteiger partial charge in [-0.15, -0.1) is 0 Å². The van der Waals surface area contributed by atoms with Crippen molar-refractivity contribution in [1.82, 2.24) is 0 Å². The van der Waals surface area contributed by atoms with E-state index >= 15 is 0 Å². The van der Waals surface area contributed by atoms with Gasteiger partial charge in [0.2, 0.25) is 0 Å². The summed E-state index contributed by atoms with van der Waals surface area (Å²) in [5.41, 5.74) is 2.27. The Morgan fingerprint density at radius 3 is 2.25 bits per heavy atom. The number of amidine groups is 1. The lowest BCUT2D eigenvalue weighted by molar-refractivity contribution is -0.113. The van der Waals surface area contributed by atoms with E-state index in [0.29, 0.717) is 21.6 Å². The van der Waals surface area contributed by atoms with E-state index in [9.17, 15) is 9.18 Å². The second-order valence-electron chi connectivity index (χ2n) is 7.03. The molecule has 6 heteroatoms. The maximum atomic E-state index is 13.3. The molecule has 2 heterocycles. The van der Waals surface area contributed by atoms with Crippen molar-refractivity contribution < 1.29 is 13.6 Å². The average Bonchev–Trinajstić information content (AvgIpc) is 3.40. The van der Waals surface area contributed by atoms with Gasteiger partial charge < -0.3 is 4.42 Å². The number of carbonyl (C=O) groups excluding carboxylic acids is 1. The number of hydrogen-bond acceptors (Lipinski definition) is 4. The zero-order chi connectivity index (χ0) is 21.9. The van der Waals surface area contributed by atoms with Crippen LogP contribution in [0.3, 0.4) is 0 Å². The molecule has 3 aromatic carbocycles. The minimum absolute atomic E-state index is 0.171. The van der Waals surface area contributed by atoms with E-state index in [-0.39, 0.29) is 11.7 Å². The first-order valence-electron chi connectivity index (χ1n) is 9.96. The monoisotopic (exact) mass is 440 g/mol. The summed E-state index contributed by atoms with van der Waals surface area (Å²) >= 11 is 1.30. The largest absolute Gasteiger partial charge is 0.457 e. The van der Waals surface area contributed by atoms with Crippen molar-refractivity contribution >= 4 is 40.3 Å². The molecule has 0 saturated carbocycles. The van der Waals surface area contributed by atoms with Crippen LogP contribution in [0.25, 0.3) is 17.4 Å². The SMILES string of the molecule is O=C1/C(=C\c2ccc(-c3ccc(F)cc3)o2)SC(=Nc2ccccc2)N1c1ccccc1. The van der Waals surface area contributed by atoms with Crippen molar-refractivity contribution in [3.63, 3.8) is 0 Å². The number of para-hydroxylation sites is 2. The summed E-state index contributed by atoms with van der Waals surface area (Å²) in [7, 11) is 0. The van der Waals surface area contributed by atoms with Gasteiger partial charge >= 0.3 is 0 Å². The van der Waals surface area contributed by atoms with Crippen molar-refractivity contribution in [3.8, 4) is 11.3 Å². The van der Waals surface area contributed by atoms with Crippen LogP contribution in [0, 0.1) is 5.82 Å². The normalized spacial score (nSPS) is 16.3. The first kappa shape index (κ1) is 20.0. The van der Waals surface area contributed by atoms with Crippen LogP contribution in [-0.2, 0) is 4.79 Å². The molecule has 0 unspecified atom stereocenters. The first-order valence-corrected chi connectivity index (χ1v) is 10.8. The van der Waals surface area contributed by atoms with E-state index in [1.54, 1.807) is 35.2 Å². The fourth-order valence-corrected chi connectivity index (χ4v) is 4.28. The van der Waals surface area contributed by atoms with Gasteiger partial charge in [0.25, 0.3) is 5.91 Å². The highest BCUT2D eigenvalue weighted by atomic mass is 32.2. The Morgan fingerprint density at radius 1 is 0.844 bits per heavy atom. The van der Waals surface area contributed by atoms with Crippen LogP contribution in [0.4, 0.5) is 15.8 Å². The number of amides is 1. The summed E-state index contributed by atoms with van der Waals surface area (Å²) in [5, 5.41) is 0.573. The van der Waals surface area contributed by atoms with Crippen LogP contribution in [0.1, 0.15) is 5.76 Å². The topological polar surface area (TPSA) is 45.8 Å². The summed E-state index contributed by atoms with van der Waals surface area (Å²) < 4.78 is 19.1. The molecule has 1 saturated heterocycles. The van der Waals surface area contributed by atoms with Gasteiger partial charge in [-0.05, 0) is 72.4 Å². The van der Waals surface area contributed by atoms with Gasteiger partial charge in [-0.25, -0.2) is 9.38 Å². The number of furan rings is 1. The van der Waals surface area contributed by atoms with Gasteiger partial charge in [-0.3, -0.25) is 9.69 Å². The number of nitrogens with zero attached hydrogens (tertiary/aromatic N) is 2. The number of hydrogen-bond donors (Lipinski definition) is 0. The van der Waals surface area contributed by atoms with Crippen molar-refractivity contribution in [3.05, 3.63) is 114 Å². The number of carbonyl (C=O) groups is 1. The lowest BCUT2D eigenvalue weighted by Gasteiger charge is -2.15. The highest BCUT2D eigenvalue weighted by Crippen LogP contribution is 2.37. The third-order valence-electron chi connectivity index (χ3n) is 4.83. The number of anilines is 1. The van der Waals surface area contributed by atoms with E-state index in [2.05, 4.69) is 0 Å². The minimum Gasteiger partial charge on any atom is -0.457 e. The van der Waals surface area contributed by atoms with Crippen LogP contribution in [-0.4, -0.2) is 11.1 Å². The molecule has 0 bridgehead atoms. The van der Waals surface area contributed by atoms with Crippen molar-refractivity contribution in [2.24, 2.45) is 4.99 Å². The molecule has 0 aliphatic carbocycles. The summed E-state index contributed by atoms with van der Waals surface area (Å²) in [6.45, 7) is 0. The standard InChI is InChI=1S/C26H17FN2O2S/c27-19-13-11-18(12-14-19)23-16-15-22(31-23)17-24-25(30)29(21-9-5-2-6-10-21)26(32-24)28-20-7-3-1-4-8-20/h1-17H/b24-17+,28-26?. The van der Waals surface area contributed by atoms with Gasteiger partial charge in [-0.1, -0.05) is 36.4 Å². The molecule has 32 heavy (non-hydrogen) atoms. The Balaban J connectivity index is 1.50. The second kappa shape index (κ2) is 8.69. The quantitative estimate of drug-likeness (QED) is 0.325. The average molecular weight is 440 g/mol. The lowest BCUT2D eigenvalue weighted by Crippen LogP contribution is -2.28. The molecule has 0 N–H and O–H groups in total. The van der Waals surface area contributed by atoms with Gasteiger partial charge in [0, 0.05) is 11.6 Å². The van der Waals surface area contributed by atoms with Crippen LogP contribution in [0.2, 0.25) is 0 Å². The maximum Gasteiger partial charge on any atom is 0.271 e. The minimum atomic E-state index is -0.304. The number of thioether (sulfide) groups is 1. The fourth-order valence-electron chi connectivity index (χ4n) is 3.30. The van der Waals surface area contributed by atoms with Crippen molar-refractivity contribution in [1.29, 1.82) is 0 Å². The molecule has 4 aromatic rings. The van der Waals surface area contributed by atoms with E-state index in [4.69, 9.17) is 9.41 Å². The molecule has 4 nitrogen and oxygen atoms in total. The second-order valence-corrected chi connectivity index (χ2v) is 8.03. The van der Waals surface area contributed by atoms with Crippen molar-refractivity contribution in [2.45, 2.75) is 0 Å². The van der Waals surface area contributed by atoms with Crippen LogP contribution >= 0.6 is 11.8 Å². The third kappa shape index (κ3) is 4.13. The highest BCUT2D eigenvalue weighted by Gasteiger charge is 2.35. The Labute approximate surface area is 188 Å². The molecule has 0 atom stereocenters. The molecule has 1 aromatic heterocycles. The Hall–Kier alpha value is -3.90. The van der Waals surface area contributed by atoms with Gasteiger partial charge in [0.15, 0.2) is 5.17 Å². The number of benzene rings is 3. The van der Waals surface area contributed by atoms with Crippen molar-refractivity contribution in [2.75, 3.05) is 4.90 Å². The molecule has 0 radical (unpaired) electrons. The molecule has 1 amide bonds. The zero-order valence-electron chi connectivity index (χ0n) is 16.8. The molecule has 0 spiro atoms. The summed E-state index contributed by atoms with van der Waals surface area (Å²) in [6.07, 6.45) is 1.71. The van der Waals surface area contributed by atoms with E-state index < -0.39 is 0 Å². The van der Waals surface area contributed by atoms with Gasteiger partial charge in [-0.2, -0.15) is 0 Å². The molecular weight excluding hydrogens is 423 g/mol. The smallest absolute Gasteiger partial charge is 0.271 e. The summed E-state index contributed by atoms with van der Waals surface area (Å²) in [5.74, 6) is 0.664. The molecular formula is C26H17FN2O2S. The molecule has 1 aliphatic rings. The zero-order valence-corrected chi connectivity index (χ0v) is 17.6. The lowest BCUT2D eigenvalue weighted by atomic mass is 10.2. The molecule has 156 valence electrons. The molecule has 1 aliphatic heterocycles. The Kier molecular flexibility index (Phi) is 5.44. The first-order chi connectivity index (χ1) is 15.7. The van der Waals surface area contributed by atoms with E-state index in [0.717, 1.165) is 16.9 Å². The van der Waals surface area contributed by atoms with E-state index in [1.165, 1.54) is 23.9 Å². The van der Waals surface area contributed by atoms with Gasteiger partial charge in [0.05, 0.1) is 16.3 Å². The Bertz CT molecular complexity index is 1310. The maximum absolute atomic E-state index is 13.3.